The summed E-state index contributed by atoms with van der Waals surface area (Å²) in [5, 5.41) is 6.35. The predicted molar refractivity (Wildman–Crippen MR) is 87.8 cm³/mol. The molecular formula is C17H16F3N3O2S. The number of nitrogens with zero attached hydrogens (tertiary/aromatic N) is 1. The number of oxazole rings is 1. The number of hydrogen-bond acceptors (Lipinski definition) is 5. The Hall–Kier alpha value is -2.00. The number of hydrogen-bond donors (Lipinski definition) is 2. The van der Waals surface area contributed by atoms with Crippen LogP contribution in [0.2, 0.25) is 0 Å². The average molecular weight is 383 g/mol. The molecule has 2 aromatic rings. The van der Waals surface area contributed by atoms with Crippen LogP contribution in [0.3, 0.4) is 0 Å². The molecule has 3 atom stereocenters. The molecule has 1 amide bonds. The molecule has 138 valence electrons. The van der Waals surface area contributed by atoms with Gasteiger partial charge in [-0.1, -0.05) is 0 Å². The lowest BCUT2D eigenvalue weighted by atomic mass is 10.1. The van der Waals surface area contributed by atoms with E-state index in [4.69, 9.17) is 0 Å². The molecule has 26 heavy (non-hydrogen) atoms. The Kier molecular flexibility index (Phi) is 4.44. The van der Waals surface area contributed by atoms with Gasteiger partial charge in [0.15, 0.2) is 0 Å². The Morgan fingerprint density at radius 3 is 2.62 bits per heavy atom. The highest BCUT2D eigenvalue weighted by molar-refractivity contribution is 7.99. The zero-order valence-electron chi connectivity index (χ0n) is 13.5. The standard InChI is InChI=1S/C17H16F3N3O2S/c18-17(19,20)14-8-22-16(25-14)26-11-3-1-10(2-4-11)15(24)23-13-6-9-5-12(13)21-7-9/h1-4,8-9,12-13,21H,5-7H2,(H,23,24). The summed E-state index contributed by atoms with van der Waals surface area (Å²) in [6.45, 7) is 1.03. The Labute approximate surface area is 151 Å². The van der Waals surface area contributed by atoms with Crippen LogP contribution in [0.5, 0.6) is 0 Å². The quantitative estimate of drug-likeness (QED) is 0.848. The largest absolute Gasteiger partial charge is 0.451 e. The number of fused-ring (bicyclic) bond motifs is 2. The molecule has 1 aliphatic carbocycles. The second-order valence-corrected chi connectivity index (χ2v) is 7.57. The summed E-state index contributed by atoms with van der Waals surface area (Å²) in [4.78, 5) is 16.6. The smallest absolute Gasteiger partial charge is 0.427 e. The minimum Gasteiger partial charge on any atom is -0.427 e. The molecule has 2 aliphatic rings. The van der Waals surface area contributed by atoms with Crippen LogP contribution in [-0.2, 0) is 6.18 Å². The maximum atomic E-state index is 12.5. The number of aromatic nitrogens is 1. The Balaban J connectivity index is 1.37. The molecule has 3 unspecified atom stereocenters. The topological polar surface area (TPSA) is 67.2 Å². The second kappa shape index (κ2) is 6.62. The highest BCUT2D eigenvalue weighted by Crippen LogP contribution is 2.34. The number of alkyl halides is 3. The van der Waals surface area contributed by atoms with E-state index in [0.717, 1.165) is 31.1 Å². The van der Waals surface area contributed by atoms with Gasteiger partial charge < -0.3 is 15.1 Å². The van der Waals surface area contributed by atoms with E-state index in [-0.39, 0.29) is 17.2 Å². The fourth-order valence-corrected chi connectivity index (χ4v) is 4.19. The summed E-state index contributed by atoms with van der Waals surface area (Å²) in [6.07, 6.45) is -1.78. The van der Waals surface area contributed by atoms with Gasteiger partial charge in [-0.2, -0.15) is 13.2 Å². The summed E-state index contributed by atoms with van der Waals surface area (Å²) in [5.74, 6) is -0.627. The normalized spacial score (nSPS) is 24.8. The van der Waals surface area contributed by atoms with Crippen molar-refractivity contribution in [2.45, 2.75) is 41.2 Å². The first-order chi connectivity index (χ1) is 12.4. The van der Waals surface area contributed by atoms with Crippen molar-refractivity contribution in [3.8, 4) is 0 Å². The van der Waals surface area contributed by atoms with Crippen LogP contribution < -0.4 is 10.6 Å². The van der Waals surface area contributed by atoms with E-state index in [1.165, 1.54) is 0 Å². The number of nitrogens with one attached hydrogen (secondary N) is 2. The van der Waals surface area contributed by atoms with Gasteiger partial charge in [-0.25, -0.2) is 4.98 Å². The molecule has 1 aromatic heterocycles. The molecule has 4 rings (SSSR count). The highest BCUT2D eigenvalue weighted by Gasteiger charge is 2.40. The van der Waals surface area contributed by atoms with Crippen molar-refractivity contribution in [3.05, 3.63) is 41.8 Å². The van der Waals surface area contributed by atoms with Crippen molar-refractivity contribution >= 4 is 17.7 Å². The third-order valence-electron chi connectivity index (χ3n) is 4.73. The number of rotatable bonds is 4. The van der Waals surface area contributed by atoms with E-state index in [1.54, 1.807) is 24.3 Å². The molecule has 2 fully saturated rings. The van der Waals surface area contributed by atoms with Crippen molar-refractivity contribution in [3.63, 3.8) is 0 Å². The van der Waals surface area contributed by atoms with Gasteiger partial charge >= 0.3 is 6.18 Å². The lowest BCUT2D eigenvalue weighted by Gasteiger charge is -2.24. The molecule has 9 heteroatoms. The Morgan fingerprint density at radius 1 is 1.27 bits per heavy atom. The third kappa shape index (κ3) is 3.59. The van der Waals surface area contributed by atoms with Crippen LogP contribution in [0, 0.1) is 5.92 Å². The van der Waals surface area contributed by atoms with Gasteiger partial charge in [-0.15, -0.1) is 0 Å². The van der Waals surface area contributed by atoms with Crippen molar-refractivity contribution in [2.75, 3.05) is 6.54 Å². The number of piperidine rings is 1. The first-order valence-corrected chi connectivity index (χ1v) is 9.05. The second-order valence-electron chi connectivity index (χ2n) is 6.55. The molecule has 2 heterocycles. The zero-order chi connectivity index (χ0) is 18.3. The summed E-state index contributed by atoms with van der Waals surface area (Å²) < 4.78 is 42.2. The van der Waals surface area contributed by atoms with Crippen LogP contribution in [0.25, 0.3) is 0 Å². The van der Waals surface area contributed by atoms with E-state index in [2.05, 4.69) is 20.0 Å². The van der Waals surface area contributed by atoms with Crippen LogP contribution >= 0.6 is 11.8 Å². The molecule has 0 radical (unpaired) electrons. The molecule has 1 saturated heterocycles. The van der Waals surface area contributed by atoms with Gasteiger partial charge in [0.05, 0.1) is 6.20 Å². The van der Waals surface area contributed by atoms with Gasteiger partial charge in [-0.3, -0.25) is 4.79 Å². The molecule has 2 N–H and O–H groups in total. The van der Waals surface area contributed by atoms with E-state index in [0.29, 0.717) is 28.6 Å². The molecule has 2 bridgehead atoms. The van der Waals surface area contributed by atoms with Gasteiger partial charge in [0.2, 0.25) is 5.76 Å². The number of halogens is 3. The predicted octanol–water partition coefficient (Wildman–Crippen LogP) is 3.32. The van der Waals surface area contributed by atoms with Crippen LogP contribution in [0.15, 0.2) is 45.0 Å². The van der Waals surface area contributed by atoms with Crippen LogP contribution in [-0.4, -0.2) is 29.5 Å². The maximum Gasteiger partial charge on any atom is 0.451 e. The molecule has 1 aromatic carbocycles. The molecule has 1 saturated carbocycles. The van der Waals surface area contributed by atoms with E-state index < -0.39 is 11.9 Å². The van der Waals surface area contributed by atoms with E-state index in [1.807, 2.05) is 0 Å². The summed E-state index contributed by atoms with van der Waals surface area (Å²) >= 11 is 0.968. The monoisotopic (exact) mass is 383 g/mol. The van der Waals surface area contributed by atoms with E-state index in [9.17, 15) is 18.0 Å². The summed E-state index contributed by atoms with van der Waals surface area (Å²) in [6, 6.07) is 7.12. The van der Waals surface area contributed by atoms with Crippen molar-refractivity contribution in [2.24, 2.45) is 5.92 Å². The fraction of sp³-hybridized carbons (Fsp3) is 0.412. The first kappa shape index (κ1) is 17.4. The lowest BCUT2D eigenvalue weighted by Crippen LogP contribution is -2.47. The SMILES string of the molecule is O=C(NC1CC2CNC1C2)c1ccc(Sc2ncc(C(F)(F)F)o2)cc1. The zero-order valence-corrected chi connectivity index (χ0v) is 14.4. The minimum absolute atomic E-state index is 0.0948. The third-order valence-corrected chi connectivity index (χ3v) is 5.60. The number of benzene rings is 1. The van der Waals surface area contributed by atoms with Crippen molar-refractivity contribution in [1.82, 2.24) is 15.6 Å². The molecular weight excluding hydrogens is 367 g/mol. The first-order valence-electron chi connectivity index (χ1n) is 8.23. The average Bonchev–Trinajstić information content (AvgIpc) is 3.31. The van der Waals surface area contributed by atoms with Crippen LogP contribution in [0.1, 0.15) is 29.0 Å². The summed E-state index contributed by atoms with van der Waals surface area (Å²) in [7, 11) is 0. The highest BCUT2D eigenvalue weighted by atomic mass is 32.2. The van der Waals surface area contributed by atoms with E-state index >= 15 is 0 Å². The van der Waals surface area contributed by atoms with Crippen molar-refractivity contribution in [1.29, 1.82) is 0 Å². The Bertz CT molecular complexity index is 806. The molecule has 1 aliphatic heterocycles. The summed E-state index contributed by atoms with van der Waals surface area (Å²) in [5.41, 5.74) is 0.514. The van der Waals surface area contributed by atoms with Crippen LogP contribution in [0.4, 0.5) is 13.2 Å². The maximum absolute atomic E-state index is 12.5. The number of carbonyl (C=O) groups is 1. The lowest BCUT2D eigenvalue weighted by molar-refractivity contribution is -0.154. The van der Waals surface area contributed by atoms with Gasteiger partial charge in [0, 0.05) is 22.5 Å². The number of carbonyl (C=O) groups excluding carboxylic acids is 1. The van der Waals surface area contributed by atoms with Crippen molar-refractivity contribution < 1.29 is 22.4 Å². The minimum atomic E-state index is -4.55. The molecule has 0 spiro atoms. The fourth-order valence-electron chi connectivity index (χ4n) is 3.48. The number of amides is 1. The van der Waals surface area contributed by atoms with Gasteiger partial charge in [-0.05, 0) is 61.3 Å². The Morgan fingerprint density at radius 2 is 2.04 bits per heavy atom. The van der Waals surface area contributed by atoms with Gasteiger partial charge in [0.25, 0.3) is 11.1 Å². The molecule has 5 nitrogen and oxygen atoms in total. The van der Waals surface area contributed by atoms with Gasteiger partial charge in [0.1, 0.15) is 0 Å².